The van der Waals surface area contributed by atoms with E-state index < -0.39 is 0 Å². The van der Waals surface area contributed by atoms with Crippen LogP contribution in [0.5, 0.6) is 5.75 Å². The highest BCUT2D eigenvalue weighted by molar-refractivity contribution is 6.31. The molecule has 1 N–H and O–H groups in total. The summed E-state index contributed by atoms with van der Waals surface area (Å²) in [5, 5.41) is 15.4. The largest absolute Gasteiger partial charge is 0.495 e. The summed E-state index contributed by atoms with van der Waals surface area (Å²) in [6.07, 6.45) is 0. The van der Waals surface area contributed by atoms with Gasteiger partial charge >= 0.3 is 0 Å². The van der Waals surface area contributed by atoms with Crippen LogP contribution >= 0.6 is 11.6 Å². The number of ether oxygens (including phenoxy) is 1. The summed E-state index contributed by atoms with van der Waals surface area (Å²) in [6, 6.07) is 12.8. The molecule has 0 aliphatic carbocycles. The number of amides is 1. The number of nitrogens with zero attached hydrogens (tertiary/aromatic N) is 4. The van der Waals surface area contributed by atoms with Gasteiger partial charge in [0.15, 0.2) is 0 Å². The summed E-state index contributed by atoms with van der Waals surface area (Å²) < 4.78 is 5.24. The maximum atomic E-state index is 12.3. The standard InChI is InChI=1S/C17H16ClN5O2/c1-11-8-14(15(25-2)9-13(11)18)19-16(24)10-23-21-17(20-22-23)12-6-4-3-5-7-12/h3-9H,10H2,1-2H3,(H,19,24). The molecule has 2 aromatic carbocycles. The van der Waals surface area contributed by atoms with E-state index in [1.807, 2.05) is 37.3 Å². The number of benzene rings is 2. The van der Waals surface area contributed by atoms with Crippen molar-refractivity contribution in [2.45, 2.75) is 13.5 Å². The molecule has 3 rings (SSSR count). The van der Waals surface area contributed by atoms with Gasteiger partial charge in [0.25, 0.3) is 0 Å². The summed E-state index contributed by atoms with van der Waals surface area (Å²) >= 11 is 6.07. The van der Waals surface area contributed by atoms with Crippen molar-refractivity contribution < 1.29 is 9.53 Å². The monoisotopic (exact) mass is 357 g/mol. The molecule has 0 unspecified atom stereocenters. The van der Waals surface area contributed by atoms with E-state index in [0.717, 1.165) is 11.1 Å². The number of aryl methyl sites for hydroxylation is 1. The van der Waals surface area contributed by atoms with Gasteiger partial charge in [0.2, 0.25) is 11.7 Å². The Labute approximate surface area is 149 Å². The molecule has 0 aliphatic rings. The van der Waals surface area contributed by atoms with Crippen molar-refractivity contribution >= 4 is 23.2 Å². The highest BCUT2D eigenvalue weighted by atomic mass is 35.5. The Morgan fingerprint density at radius 2 is 2.04 bits per heavy atom. The second-order valence-corrected chi connectivity index (χ2v) is 5.77. The number of hydrogen-bond donors (Lipinski definition) is 1. The number of aromatic nitrogens is 4. The number of halogens is 1. The maximum Gasteiger partial charge on any atom is 0.248 e. The SMILES string of the molecule is COc1cc(Cl)c(C)cc1NC(=O)Cn1nnc(-c2ccccc2)n1. The van der Waals surface area contributed by atoms with Gasteiger partial charge in [-0.15, -0.1) is 10.2 Å². The first kappa shape index (κ1) is 16.9. The molecule has 0 saturated heterocycles. The number of rotatable bonds is 5. The zero-order valence-corrected chi connectivity index (χ0v) is 14.5. The van der Waals surface area contributed by atoms with Gasteiger partial charge in [-0.3, -0.25) is 4.79 Å². The van der Waals surface area contributed by atoms with Crippen molar-refractivity contribution in [3.05, 3.63) is 53.1 Å². The van der Waals surface area contributed by atoms with Crippen molar-refractivity contribution in [1.29, 1.82) is 0 Å². The number of anilines is 1. The first-order valence-electron chi connectivity index (χ1n) is 7.54. The van der Waals surface area contributed by atoms with E-state index in [-0.39, 0.29) is 12.5 Å². The molecule has 1 heterocycles. The molecular weight excluding hydrogens is 342 g/mol. The molecule has 0 aliphatic heterocycles. The van der Waals surface area contributed by atoms with E-state index in [2.05, 4.69) is 20.7 Å². The lowest BCUT2D eigenvalue weighted by Crippen LogP contribution is -2.21. The fourth-order valence-corrected chi connectivity index (χ4v) is 2.41. The number of nitrogens with one attached hydrogen (secondary N) is 1. The van der Waals surface area contributed by atoms with Gasteiger partial charge in [0.1, 0.15) is 12.3 Å². The highest BCUT2D eigenvalue weighted by Gasteiger charge is 2.13. The zero-order valence-electron chi connectivity index (χ0n) is 13.7. The summed E-state index contributed by atoms with van der Waals surface area (Å²) in [5.41, 5.74) is 2.21. The molecule has 0 fully saturated rings. The summed E-state index contributed by atoms with van der Waals surface area (Å²) in [5.74, 6) is 0.658. The minimum Gasteiger partial charge on any atom is -0.495 e. The van der Waals surface area contributed by atoms with E-state index in [9.17, 15) is 4.79 Å². The molecule has 0 atom stereocenters. The summed E-state index contributed by atoms with van der Waals surface area (Å²) in [7, 11) is 1.52. The van der Waals surface area contributed by atoms with Crippen LogP contribution in [0.1, 0.15) is 5.56 Å². The number of methoxy groups -OCH3 is 1. The van der Waals surface area contributed by atoms with Crippen LogP contribution in [0.25, 0.3) is 11.4 Å². The summed E-state index contributed by atoms with van der Waals surface area (Å²) in [6.45, 7) is 1.78. The number of carbonyl (C=O) groups excluding carboxylic acids is 1. The Balaban J connectivity index is 1.72. The molecule has 25 heavy (non-hydrogen) atoms. The van der Waals surface area contributed by atoms with Gasteiger partial charge < -0.3 is 10.1 Å². The Hall–Kier alpha value is -2.93. The van der Waals surface area contributed by atoms with Crippen LogP contribution in [0, 0.1) is 6.92 Å². The number of tetrazole rings is 1. The third-order valence-electron chi connectivity index (χ3n) is 3.52. The maximum absolute atomic E-state index is 12.3. The molecule has 0 radical (unpaired) electrons. The topological polar surface area (TPSA) is 81.9 Å². The first-order chi connectivity index (χ1) is 12.1. The van der Waals surface area contributed by atoms with E-state index in [1.165, 1.54) is 11.9 Å². The predicted octanol–water partition coefficient (Wildman–Crippen LogP) is 2.95. The van der Waals surface area contributed by atoms with Gasteiger partial charge in [-0.25, -0.2) is 0 Å². The average molecular weight is 358 g/mol. The van der Waals surface area contributed by atoms with Gasteiger partial charge in [0, 0.05) is 16.7 Å². The quantitative estimate of drug-likeness (QED) is 0.759. The lowest BCUT2D eigenvalue weighted by atomic mass is 10.2. The van der Waals surface area contributed by atoms with Crippen molar-refractivity contribution in [2.24, 2.45) is 0 Å². The number of hydrogen-bond acceptors (Lipinski definition) is 5. The first-order valence-corrected chi connectivity index (χ1v) is 7.92. The molecule has 3 aromatic rings. The zero-order chi connectivity index (χ0) is 17.8. The Morgan fingerprint density at radius 1 is 1.28 bits per heavy atom. The molecule has 0 bridgehead atoms. The van der Waals surface area contributed by atoms with E-state index in [1.54, 1.807) is 12.1 Å². The van der Waals surface area contributed by atoms with Crippen molar-refractivity contribution in [3.8, 4) is 17.1 Å². The lowest BCUT2D eigenvalue weighted by molar-refractivity contribution is -0.117. The number of carbonyl (C=O) groups is 1. The van der Waals surface area contributed by atoms with Crippen molar-refractivity contribution in [3.63, 3.8) is 0 Å². The molecule has 7 nitrogen and oxygen atoms in total. The van der Waals surface area contributed by atoms with E-state index >= 15 is 0 Å². The minimum absolute atomic E-state index is 0.0648. The molecule has 128 valence electrons. The van der Waals surface area contributed by atoms with Crippen LogP contribution in [-0.2, 0) is 11.3 Å². The van der Waals surface area contributed by atoms with Crippen molar-refractivity contribution in [2.75, 3.05) is 12.4 Å². The molecular formula is C17H16ClN5O2. The van der Waals surface area contributed by atoms with Gasteiger partial charge in [-0.05, 0) is 23.8 Å². The Kier molecular flexibility index (Phi) is 4.95. The van der Waals surface area contributed by atoms with E-state index in [0.29, 0.717) is 22.3 Å². The van der Waals surface area contributed by atoms with Gasteiger partial charge in [-0.2, -0.15) is 4.80 Å². The van der Waals surface area contributed by atoms with Crippen LogP contribution < -0.4 is 10.1 Å². The fourth-order valence-electron chi connectivity index (χ4n) is 2.26. The Morgan fingerprint density at radius 3 is 2.76 bits per heavy atom. The van der Waals surface area contributed by atoms with Crippen molar-refractivity contribution in [1.82, 2.24) is 20.2 Å². The molecule has 0 spiro atoms. The van der Waals surface area contributed by atoms with Crippen LogP contribution in [0.3, 0.4) is 0 Å². The van der Waals surface area contributed by atoms with Crippen LogP contribution in [0.4, 0.5) is 5.69 Å². The Bertz CT molecular complexity index is 895. The fraction of sp³-hybridized carbons (Fsp3) is 0.176. The lowest BCUT2D eigenvalue weighted by Gasteiger charge is -2.11. The molecule has 0 saturated carbocycles. The molecule has 8 heteroatoms. The van der Waals surface area contributed by atoms with Crippen LogP contribution in [-0.4, -0.2) is 33.2 Å². The third kappa shape index (κ3) is 3.95. The minimum atomic E-state index is -0.294. The van der Waals surface area contributed by atoms with Crippen LogP contribution in [0.2, 0.25) is 5.02 Å². The van der Waals surface area contributed by atoms with E-state index in [4.69, 9.17) is 16.3 Å². The van der Waals surface area contributed by atoms with Gasteiger partial charge in [-0.1, -0.05) is 41.9 Å². The predicted molar refractivity (Wildman–Crippen MR) is 94.6 cm³/mol. The summed E-state index contributed by atoms with van der Waals surface area (Å²) in [4.78, 5) is 13.5. The second kappa shape index (κ2) is 7.31. The second-order valence-electron chi connectivity index (χ2n) is 5.36. The normalized spacial score (nSPS) is 10.5. The molecule has 1 aromatic heterocycles. The molecule has 1 amide bonds. The van der Waals surface area contributed by atoms with Crippen LogP contribution in [0.15, 0.2) is 42.5 Å². The van der Waals surface area contributed by atoms with Gasteiger partial charge in [0.05, 0.1) is 12.8 Å². The third-order valence-corrected chi connectivity index (χ3v) is 3.93. The highest BCUT2D eigenvalue weighted by Crippen LogP contribution is 2.30. The smallest absolute Gasteiger partial charge is 0.248 e. The average Bonchev–Trinajstić information content (AvgIpc) is 3.07.